The fourth-order valence-electron chi connectivity index (χ4n) is 8.87. The summed E-state index contributed by atoms with van der Waals surface area (Å²) in [6.07, 6.45) is 6.63. The zero-order valence-corrected chi connectivity index (χ0v) is 21.7. The van der Waals surface area contributed by atoms with Crippen molar-refractivity contribution in [1.82, 2.24) is 10.2 Å². The smallest absolute Gasteiger partial charge is 0.410 e. The molecule has 0 radical (unpaired) electrons. The molecule has 1 aromatic rings. The van der Waals surface area contributed by atoms with E-state index in [0.717, 1.165) is 32.2 Å². The molecule has 1 amide bonds. The molecule has 6 unspecified atom stereocenters. The molecular weight excluding hydrogens is 440 g/mol. The molecule has 2 heterocycles. The van der Waals surface area contributed by atoms with Gasteiger partial charge in [0.15, 0.2) is 6.23 Å². The van der Waals surface area contributed by atoms with Gasteiger partial charge in [-0.3, -0.25) is 10.1 Å². The third kappa shape index (κ3) is 3.78. The summed E-state index contributed by atoms with van der Waals surface area (Å²) in [5.74, 6) is 0.571. The van der Waals surface area contributed by atoms with Crippen LogP contribution in [0, 0.1) is 22.2 Å². The molecular formula is C29H40N2O4. The number of carbonyl (C=O) groups is 2. The first-order valence-electron chi connectivity index (χ1n) is 13.4. The van der Waals surface area contributed by atoms with Crippen LogP contribution in [-0.2, 0) is 19.7 Å². The van der Waals surface area contributed by atoms with Gasteiger partial charge in [-0.25, -0.2) is 4.79 Å². The molecule has 6 fully saturated rings. The predicted octanol–water partition coefficient (Wildman–Crippen LogP) is 5.01. The van der Waals surface area contributed by atoms with Crippen LogP contribution in [0.15, 0.2) is 30.3 Å². The maximum Gasteiger partial charge on any atom is 0.410 e. The van der Waals surface area contributed by atoms with Crippen molar-refractivity contribution < 1.29 is 19.1 Å². The zero-order chi connectivity index (χ0) is 24.7. The van der Waals surface area contributed by atoms with E-state index in [4.69, 9.17) is 9.47 Å². The first kappa shape index (κ1) is 23.3. The number of benzene rings is 1. The van der Waals surface area contributed by atoms with Gasteiger partial charge >= 0.3 is 12.1 Å². The van der Waals surface area contributed by atoms with Gasteiger partial charge in [0, 0.05) is 19.6 Å². The highest BCUT2D eigenvalue weighted by Gasteiger charge is 2.66. The summed E-state index contributed by atoms with van der Waals surface area (Å²) >= 11 is 0. The van der Waals surface area contributed by atoms with Crippen molar-refractivity contribution in [3.63, 3.8) is 0 Å². The Morgan fingerprint density at radius 3 is 2.49 bits per heavy atom. The maximum absolute atomic E-state index is 14.0. The minimum absolute atomic E-state index is 0.0135. The Labute approximate surface area is 209 Å². The van der Waals surface area contributed by atoms with Crippen molar-refractivity contribution in [2.45, 2.75) is 89.9 Å². The standard InChI is InChI=1S/C29H40N2O4/c1-25(2,3)35-24(33)31-11-10-27(19-31)18-30-22(27)34-23(32)29-14-20-12-26(4,16-29)15-28(13-20,17-29)21-8-6-5-7-9-21/h5-9,20,22,30H,10-19H2,1-4H3. The molecule has 4 aliphatic carbocycles. The number of rotatable bonds is 3. The van der Waals surface area contributed by atoms with Gasteiger partial charge in [-0.2, -0.15) is 0 Å². The van der Waals surface area contributed by atoms with Crippen molar-refractivity contribution in [1.29, 1.82) is 0 Å². The van der Waals surface area contributed by atoms with Crippen LogP contribution in [0.5, 0.6) is 0 Å². The molecule has 6 nitrogen and oxygen atoms in total. The number of hydrogen-bond donors (Lipinski definition) is 1. The SMILES string of the molecule is CC12CC3CC(C(=O)OC4NCC45CCN(C(=O)OC(C)(C)C)C5)(C1)CC(c1ccccc1)(C3)C2. The lowest BCUT2D eigenvalue weighted by molar-refractivity contribution is -0.204. The first-order chi connectivity index (χ1) is 16.4. The highest BCUT2D eigenvalue weighted by Crippen LogP contribution is 2.70. The highest BCUT2D eigenvalue weighted by atomic mass is 16.6. The van der Waals surface area contributed by atoms with Crippen LogP contribution in [0.1, 0.15) is 78.2 Å². The average molecular weight is 481 g/mol. The van der Waals surface area contributed by atoms with Crippen LogP contribution in [0.4, 0.5) is 4.79 Å². The summed E-state index contributed by atoms with van der Waals surface area (Å²) in [6, 6.07) is 10.9. The van der Waals surface area contributed by atoms with Crippen molar-refractivity contribution in [3.05, 3.63) is 35.9 Å². The van der Waals surface area contributed by atoms with E-state index in [1.54, 1.807) is 4.90 Å². The Balaban J connectivity index is 1.19. The minimum Gasteiger partial charge on any atom is -0.445 e. The lowest BCUT2D eigenvalue weighted by Gasteiger charge is -2.65. The Morgan fingerprint density at radius 2 is 1.83 bits per heavy atom. The number of hydrogen-bond acceptors (Lipinski definition) is 5. The molecule has 4 saturated carbocycles. The Hall–Kier alpha value is -2.08. The fraction of sp³-hybridized carbons (Fsp3) is 0.724. The quantitative estimate of drug-likeness (QED) is 0.616. The van der Waals surface area contributed by atoms with Crippen LogP contribution < -0.4 is 5.32 Å². The van der Waals surface area contributed by atoms with E-state index < -0.39 is 11.0 Å². The van der Waals surface area contributed by atoms with Crippen LogP contribution in [-0.4, -0.2) is 48.4 Å². The summed E-state index contributed by atoms with van der Waals surface area (Å²) < 4.78 is 11.9. The van der Waals surface area contributed by atoms with Gasteiger partial charge < -0.3 is 14.4 Å². The Kier molecular flexibility index (Phi) is 4.98. The van der Waals surface area contributed by atoms with Crippen molar-refractivity contribution in [2.75, 3.05) is 19.6 Å². The van der Waals surface area contributed by atoms with E-state index >= 15 is 0 Å². The van der Waals surface area contributed by atoms with Gasteiger partial charge in [0.05, 0.1) is 10.8 Å². The van der Waals surface area contributed by atoms with Gasteiger partial charge in [0.1, 0.15) is 5.60 Å². The topological polar surface area (TPSA) is 67.9 Å². The second-order valence-electron chi connectivity index (χ2n) is 13.9. The highest BCUT2D eigenvalue weighted by molar-refractivity contribution is 5.78. The van der Waals surface area contributed by atoms with E-state index in [1.807, 2.05) is 20.8 Å². The van der Waals surface area contributed by atoms with Crippen molar-refractivity contribution in [3.8, 4) is 0 Å². The van der Waals surface area contributed by atoms with E-state index in [1.165, 1.54) is 24.8 Å². The molecule has 7 rings (SSSR count). The summed E-state index contributed by atoms with van der Waals surface area (Å²) in [5.41, 5.74) is 0.566. The lowest BCUT2D eigenvalue weighted by atomic mass is 9.39. The molecule has 35 heavy (non-hydrogen) atoms. The number of carbonyl (C=O) groups excluding carboxylic acids is 2. The molecule has 2 saturated heterocycles. The second kappa shape index (κ2) is 7.47. The maximum atomic E-state index is 14.0. The van der Waals surface area contributed by atoms with E-state index in [2.05, 4.69) is 42.6 Å². The fourth-order valence-corrected chi connectivity index (χ4v) is 8.87. The molecule has 190 valence electrons. The number of ether oxygens (including phenoxy) is 2. The second-order valence-corrected chi connectivity index (χ2v) is 13.9. The monoisotopic (exact) mass is 480 g/mol. The van der Waals surface area contributed by atoms with Gasteiger partial charge in [-0.05, 0) is 88.0 Å². The van der Waals surface area contributed by atoms with Crippen LogP contribution >= 0.6 is 0 Å². The van der Waals surface area contributed by atoms with Crippen LogP contribution in [0.3, 0.4) is 0 Å². The average Bonchev–Trinajstić information content (AvgIpc) is 3.23. The molecule has 1 aromatic carbocycles. The minimum atomic E-state index is -0.514. The van der Waals surface area contributed by atoms with Crippen molar-refractivity contribution >= 4 is 12.1 Å². The third-order valence-electron chi connectivity index (χ3n) is 9.62. The number of nitrogens with one attached hydrogen (secondary N) is 1. The molecule has 4 bridgehead atoms. The Morgan fingerprint density at radius 1 is 1.06 bits per heavy atom. The summed E-state index contributed by atoms with van der Waals surface area (Å²) in [4.78, 5) is 28.4. The zero-order valence-electron chi connectivity index (χ0n) is 21.7. The van der Waals surface area contributed by atoms with E-state index in [-0.39, 0.29) is 34.5 Å². The predicted molar refractivity (Wildman–Crippen MR) is 133 cm³/mol. The molecule has 6 aliphatic rings. The third-order valence-corrected chi connectivity index (χ3v) is 9.62. The lowest BCUT2D eigenvalue weighted by Crippen LogP contribution is -2.67. The van der Waals surface area contributed by atoms with Crippen LogP contribution in [0.2, 0.25) is 0 Å². The van der Waals surface area contributed by atoms with Gasteiger partial charge in [0.25, 0.3) is 0 Å². The normalized spacial score (nSPS) is 41.7. The van der Waals surface area contributed by atoms with Gasteiger partial charge in [-0.1, -0.05) is 37.3 Å². The van der Waals surface area contributed by atoms with Gasteiger partial charge in [0.2, 0.25) is 0 Å². The first-order valence-corrected chi connectivity index (χ1v) is 13.4. The molecule has 0 aromatic heterocycles. The Bertz CT molecular complexity index is 1040. The number of likely N-dealkylation sites (tertiary alicyclic amines) is 1. The summed E-state index contributed by atoms with van der Waals surface area (Å²) in [5, 5.41) is 3.38. The number of esters is 1. The summed E-state index contributed by atoms with van der Waals surface area (Å²) in [7, 11) is 0. The summed E-state index contributed by atoms with van der Waals surface area (Å²) in [6.45, 7) is 10.1. The largest absolute Gasteiger partial charge is 0.445 e. The van der Waals surface area contributed by atoms with E-state index in [0.29, 0.717) is 19.0 Å². The molecule has 6 atom stereocenters. The molecule has 1 spiro atoms. The van der Waals surface area contributed by atoms with E-state index in [9.17, 15) is 9.59 Å². The molecule has 2 aliphatic heterocycles. The van der Waals surface area contributed by atoms with Gasteiger partial charge in [-0.15, -0.1) is 0 Å². The van der Waals surface area contributed by atoms with Crippen molar-refractivity contribution in [2.24, 2.45) is 22.2 Å². The molecule has 6 heteroatoms. The van der Waals surface area contributed by atoms with Crippen LogP contribution in [0.25, 0.3) is 0 Å². The molecule has 1 N–H and O–H groups in total. The number of nitrogens with zero attached hydrogens (tertiary/aromatic N) is 1. The number of amides is 1.